The quantitative estimate of drug-likeness (QED) is 0.365. The van der Waals surface area contributed by atoms with Crippen LogP contribution in [0.5, 0.6) is 0 Å². The topological polar surface area (TPSA) is 73.8 Å². The van der Waals surface area contributed by atoms with Gasteiger partial charge in [0.25, 0.3) is 5.91 Å². The Bertz CT molecular complexity index is 1510. The Morgan fingerprint density at radius 1 is 1.00 bits per heavy atom. The first-order valence-corrected chi connectivity index (χ1v) is 12.1. The Morgan fingerprint density at radius 2 is 1.73 bits per heavy atom. The van der Waals surface area contributed by atoms with E-state index >= 15 is 0 Å². The van der Waals surface area contributed by atoms with E-state index in [4.69, 9.17) is 0 Å². The fraction of sp³-hybridized carbons (Fsp3) is 0.440. The van der Waals surface area contributed by atoms with Gasteiger partial charge in [0, 0.05) is 38.1 Å². The van der Waals surface area contributed by atoms with E-state index in [0.717, 1.165) is 11.6 Å². The summed E-state index contributed by atoms with van der Waals surface area (Å²) in [4.78, 5) is 15.7. The van der Waals surface area contributed by atoms with Crippen molar-refractivity contribution in [2.45, 2.75) is 51.4 Å². The molecule has 3 aromatic heterocycles. The molecular weight excluding hydrogens is 490 g/mol. The van der Waals surface area contributed by atoms with E-state index in [1.54, 1.807) is 34.4 Å². The van der Waals surface area contributed by atoms with E-state index in [9.17, 15) is 22.4 Å². The number of amides is 1. The van der Waals surface area contributed by atoms with Gasteiger partial charge in [0.05, 0.1) is 28.6 Å². The molecular formula is C25H27F4N7O. The summed E-state index contributed by atoms with van der Waals surface area (Å²) in [5.41, 5.74) is 2.13. The lowest BCUT2D eigenvalue weighted by molar-refractivity contribution is -0.141. The second kappa shape index (κ2) is 8.70. The number of nitrogens with zero attached hydrogens (tertiary/aromatic N) is 7. The van der Waals surface area contributed by atoms with E-state index in [2.05, 4.69) is 15.3 Å². The summed E-state index contributed by atoms with van der Waals surface area (Å²) in [5.74, 6) is -0.786. The molecule has 196 valence electrons. The van der Waals surface area contributed by atoms with Crippen LogP contribution >= 0.6 is 0 Å². The summed E-state index contributed by atoms with van der Waals surface area (Å²) in [6.07, 6.45) is -3.03. The second-order valence-electron chi connectivity index (χ2n) is 9.41. The van der Waals surface area contributed by atoms with E-state index in [1.807, 2.05) is 13.8 Å². The zero-order valence-corrected chi connectivity index (χ0v) is 21.1. The third kappa shape index (κ3) is 3.89. The predicted octanol–water partition coefficient (Wildman–Crippen LogP) is 4.79. The molecule has 0 bridgehead atoms. The first kappa shape index (κ1) is 25.0. The van der Waals surface area contributed by atoms with E-state index in [1.165, 1.54) is 23.9 Å². The normalized spacial score (nSPS) is 18.0. The van der Waals surface area contributed by atoms with Crippen LogP contribution in [0.3, 0.4) is 0 Å². The Balaban J connectivity index is 1.63. The monoisotopic (exact) mass is 517 g/mol. The number of rotatable bonds is 4. The largest absolute Gasteiger partial charge is 0.435 e. The van der Waals surface area contributed by atoms with Crippen molar-refractivity contribution >= 4 is 16.8 Å². The molecule has 1 aliphatic rings. The van der Waals surface area contributed by atoms with Crippen LogP contribution in [0.4, 0.5) is 17.6 Å². The number of carbonyl (C=O) groups is 1. The molecule has 0 unspecified atom stereocenters. The fourth-order valence-electron chi connectivity index (χ4n) is 5.48. The standard InChI is InChI=1S/C25H27F4N7O/c1-6-14-11-16-21(31-35(5)23(16)19-12-20(25(27,28)29)30-34(19)4)17(7-2)36(14)24(37)22-15-10-13(26)8-9-18(15)33(3)32-22/h8-10,12,14,17H,6-7,11H2,1-5H3/t14-,17+/m0/s1. The third-order valence-corrected chi connectivity index (χ3v) is 7.18. The van der Waals surface area contributed by atoms with Gasteiger partial charge >= 0.3 is 6.18 Å². The maximum Gasteiger partial charge on any atom is 0.435 e. The molecule has 0 saturated heterocycles. The summed E-state index contributed by atoms with van der Waals surface area (Å²) in [6.45, 7) is 3.89. The number of alkyl halides is 3. The first-order chi connectivity index (χ1) is 17.5. The lowest BCUT2D eigenvalue weighted by Crippen LogP contribution is -2.47. The highest BCUT2D eigenvalue weighted by atomic mass is 19.4. The minimum absolute atomic E-state index is 0.162. The molecule has 4 heterocycles. The van der Waals surface area contributed by atoms with E-state index in [0.29, 0.717) is 47.2 Å². The Morgan fingerprint density at radius 3 is 2.35 bits per heavy atom. The number of aryl methyl sites for hydroxylation is 3. The number of halogens is 4. The van der Waals surface area contributed by atoms with Gasteiger partial charge in [0.15, 0.2) is 11.4 Å². The van der Waals surface area contributed by atoms with Gasteiger partial charge in [0.2, 0.25) is 0 Å². The highest BCUT2D eigenvalue weighted by Crippen LogP contribution is 2.42. The van der Waals surface area contributed by atoms with Crippen molar-refractivity contribution in [2.75, 3.05) is 0 Å². The summed E-state index contributed by atoms with van der Waals surface area (Å²) in [7, 11) is 4.86. The highest BCUT2D eigenvalue weighted by molar-refractivity contribution is 6.05. The van der Waals surface area contributed by atoms with Gasteiger partial charge in [-0.15, -0.1) is 0 Å². The number of hydrogen-bond donors (Lipinski definition) is 0. The molecule has 8 nitrogen and oxygen atoms in total. The summed E-state index contributed by atoms with van der Waals surface area (Å²) < 4.78 is 58.5. The average molecular weight is 518 g/mol. The van der Waals surface area contributed by atoms with Gasteiger partial charge < -0.3 is 4.90 Å². The minimum atomic E-state index is -4.57. The van der Waals surface area contributed by atoms with Crippen molar-refractivity contribution in [1.29, 1.82) is 0 Å². The van der Waals surface area contributed by atoms with E-state index < -0.39 is 23.7 Å². The molecule has 0 spiro atoms. The van der Waals surface area contributed by atoms with Crippen LogP contribution in [0.25, 0.3) is 22.3 Å². The van der Waals surface area contributed by atoms with Crippen molar-refractivity contribution in [3.8, 4) is 11.4 Å². The summed E-state index contributed by atoms with van der Waals surface area (Å²) in [5, 5.41) is 13.2. The van der Waals surface area contributed by atoms with Crippen LogP contribution in [0.2, 0.25) is 0 Å². The highest BCUT2D eigenvalue weighted by Gasteiger charge is 2.42. The van der Waals surface area contributed by atoms with Crippen molar-refractivity contribution in [3.05, 3.63) is 52.7 Å². The molecule has 1 amide bonds. The van der Waals surface area contributed by atoms with Gasteiger partial charge in [0.1, 0.15) is 5.82 Å². The molecule has 0 fully saturated rings. The number of carbonyl (C=O) groups excluding carboxylic acids is 1. The lowest BCUT2D eigenvalue weighted by Gasteiger charge is -2.40. The molecule has 1 aromatic carbocycles. The summed E-state index contributed by atoms with van der Waals surface area (Å²) in [6, 6.07) is 4.58. The van der Waals surface area contributed by atoms with Crippen LogP contribution in [-0.2, 0) is 33.7 Å². The van der Waals surface area contributed by atoms with E-state index in [-0.39, 0.29) is 17.6 Å². The van der Waals surface area contributed by atoms with Crippen molar-refractivity contribution in [2.24, 2.45) is 21.1 Å². The predicted molar refractivity (Wildman–Crippen MR) is 128 cm³/mol. The van der Waals surface area contributed by atoms with Crippen LogP contribution < -0.4 is 0 Å². The summed E-state index contributed by atoms with van der Waals surface area (Å²) >= 11 is 0. The van der Waals surface area contributed by atoms with Crippen LogP contribution in [0, 0.1) is 5.82 Å². The molecule has 0 saturated carbocycles. The third-order valence-electron chi connectivity index (χ3n) is 7.18. The van der Waals surface area contributed by atoms with Crippen molar-refractivity contribution in [3.63, 3.8) is 0 Å². The van der Waals surface area contributed by atoms with Crippen LogP contribution in [0.15, 0.2) is 24.3 Å². The van der Waals surface area contributed by atoms with Gasteiger partial charge in [-0.2, -0.15) is 28.5 Å². The second-order valence-corrected chi connectivity index (χ2v) is 9.41. The zero-order chi connectivity index (χ0) is 26.8. The molecule has 0 radical (unpaired) electrons. The van der Waals surface area contributed by atoms with Gasteiger partial charge in [-0.3, -0.25) is 18.8 Å². The molecule has 5 rings (SSSR count). The van der Waals surface area contributed by atoms with Crippen LogP contribution in [0.1, 0.15) is 60.2 Å². The molecule has 12 heteroatoms. The molecule has 0 aliphatic carbocycles. The van der Waals surface area contributed by atoms with Crippen LogP contribution in [-0.4, -0.2) is 46.2 Å². The zero-order valence-electron chi connectivity index (χ0n) is 21.1. The van der Waals surface area contributed by atoms with Gasteiger partial charge in [-0.1, -0.05) is 13.8 Å². The molecule has 4 aromatic rings. The molecule has 1 aliphatic heterocycles. The lowest BCUT2D eigenvalue weighted by atomic mass is 9.88. The first-order valence-electron chi connectivity index (χ1n) is 12.1. The van der Waals surface area contributed by atoms with Gasteiger partial charge in [-0.05, 0) is 43.5 Å². The number of fused-ring (bicyclic) bond motifs is 2. The maximum atomic E-state index is 14.1. The maximum absolute atomic E-state index is 14.1. The average Bonchev–Trinajstić information content (AvgIpc) is 3.49. The van der Waals surface area contributed by atoms with Crippen molar-refractivity contribution in [1.82, 2.24) is 34.2 Å². The Labute approximate surface area is 210 Å². The smallest absolute Gasteiger partial charge is 0.325 e. The minimum Gasteiger partial charge on any atom is -0.325 e. The number of aromatic nitrogens is 6. The molecule has 2 atom stereocenters. The van der Waals surface area contributed by atoms with Crippen molar-refractivity contribution < 1.29 is 22.4 Å². The number of benzene rings is 1. The fourth-order valence-corrected chi connectivity index (χ4v) is 5.48. The molecule has 0 N–H and O–H groups in total. The Kier molecular flexibility index (Phi) is 5.87. The number of hydrogen-bond acceptors (Lipinski definition) is 4. The SMILES string of the molecule is CC[C@H]1Cc2c(nn(C)c2-c2cc(C(F)(F)F)nn2C)[C@@H](CC)N1C(=O)c1nn(C)c2ccc(F)cc12. The van der Waals surface area contributed by atoms with Gasteiger partial charge in [-0.25, -0.2) is 4.39 Å². The molecule has 37 heavy (non-hydrogen) atoms. The Hall–Kier alpha value is -3.70.